The lowest BCUT2D eigenvalue weighted by molar-refractivity contribution is -0.0675. The third kappa shape index (κ3) is 5.10. The molecule has 200 valence electrons. The molecule has 36 heavy (non-hydrogen) atoms. The van der Waals surface area contributed by atoms with Crippen molar-refractivity contribution in [3.8, 4) is 11.5 Å². The molecule has 1 unspecified atom stereocenters. The summed E-state index contributed by atoms with van der Waals surface area (Å²) in [4.78, 5) is 29.6. The molecule has 2 amide bonds. The van der Waals surface area contributed by atoms with E-state index in [0.29, 0.717) is 11.1 Å². The third-order valence-corrected chi connectivity index (χ3v) is 6.43. The zero-order valence-electron chi connectivity index (χ0n) is 22.2. The number of aliphatic hydroxyl groups excluding tert-OH is 1. The molecule has 2 N–H and O–H groups in total. The number of ether oxygens (including phenoxy) is 4. The van der Waals surface area contributed by atoms with E-state index in [9.17, 15) is 19.8 Å². The van der Waals surface area contributed by atoms with Crippen LogP contribution in [0.1, 0.15) is 57.4 Å². The predicted molar refractivity (Wildman–Crippen MR) is 132 cm³/mol. The molecule has 0 aliphatic carbocycles. The minimum atomic E-state index is -1.07. The predicted octanol–water partition coefficient (Wildman–Crippen LogP) is 3.66. The maximum atomic E-state index is 13.4. The fraction of sp³-hybridized carbons (Fsp3) is 0.615. The third-order valence-electron chi connectivity index (χ3n) is 6.43. The van der Waals surface area contributed by atoms with Gasteiger partial charge in [-0.2, -0.15) is 0 Å². The fourth-order valence-corrected chi connectivity index (χ4v) is 5.07. The van der Waals surface area contributed by atoms with Crippen LogP contribution < -0.4 is 4.74 Å². The quantitative estimate of drug-likeness (QED) is 0.581. The average Bonchev–Trinajstić information content (AvgIpc) is 3.09. The maximum Gasteiger partial charge on any atom is 0.412 e. The number of carbonyl (C=O) groups excluding carboxylic acids is 2. The van der Waals surface area contributed by atoms with Gasteiger partial charge in [0, 0.05) is 5.56 Å². The molecule has 2 heterocycles. The number of aryl methyl sites for hydroxylation is 1. The Morgan fingerprint density at radius 1 is 1.31 bits per heavy atom. The number of benzene rings is 1. The Kier molecular flexibility index (Phi) is 7.80. The smallest absolute Gasteiger partial charge is 0.412 e. The van der Waals surface area contributed by atoms with Gasteiger partial charge in [-0.05, 0) is 59.1 Å². The maximum absolute atomic E-state index is 13.4. The number of rotatable bonds is 5. The number of phenols is 1. The van der Waals surface area contributed by atoms with Gasteiger partial charge in [0.1, 0.15) is 17.9 Å². The molecule has 1 aromatic carbocycles. The molecule has 3 rings (SSSR count). The van der Waals surface area contributed by atoms with E-state index in [-0.39, 0.29) is 37.7 Å². The number of fused-ring (bicyclic) bond motifs is 1. The van der Waals surface area contributed by atoms with E-state index >= 15 is 0 Å². The molecule has 0 bridgehead atoms. The molecule has 2 aliphatic heterocycles. The van der Waals surface area contributed by atoms with Gasteiger partial charge >= 0.3 is 12.2 Å². The lowest BCUT2D eigenvalue weighted by Crippen LogP contribution is -2.58. The van der Waals surface area contributed by atoms with E-state index in [2.05, 4.69) is 6.58 Å². The summed E-state index contributed by atoms with van der Waals surface area (Å²) in [5, 5.41) is 21.7. The van der Waals surface area contributed by atoms with Gasteiger partial charge < -0.3 is 29.2 Å². The van der Waals surface area contributed by atoms with Crippen molar-refractivity contribution in [2.75, 3.05) is 26.9 Å². The van der Waals surface area contributed by atoms with Gasteiger partial charge in [-0.1, -0.05) is 18.7 Å². The number of phenolic OH excluding ortho intramolecular Hbond substituents is 1. The van der Waals surface area contributed by atoms with Gasteiger partial charge in [-0.3, -0.25) is 9.80 Å². The number of hydrogen-bond acceptors (Lipinski definition) is 8. The largest absolute Gasteiger partial charge is 0.504 e. The van der Waals surface area contributed by atoms with Crippen molar-refractivity contribution in [3.63, 3.8) is 0 Å². The molecular formula is C26H38N2O8. The van der Waals surface area contributed by atoms with Crippen molar-refractivity contribution in [1.29, 1.82) is 0 Å². The van der Waals surface area contributed by atoms with Crippen LogP contribution in [0.15, 0.2) is 18.7 Å². The summed E-state index contributed by atoms with van der Waals surface area (Å²) < 4.78 is 22.6. The van der Waals surface area contributed by atoms with Gasteiger partial charge in [0.05, 0.1) is 38.4 Å². The van der Waals surface area contributed by atoms with Crippen LogP contribution in [0, 0.1) is 6.92 Å². The zero-order chi connectivity index (χ0) is 27.0. The summed E-state index contributed by atoms with van der Waals surface area (Å²) >= 11 is 0. The molecule has 1 fully saturated rings. The SMILES string of the molecule is C=CCOC(=O)N1[C@H](CO)Cc2cc(C)c(OC)c(O)c2[C@@H]1C1COC(C)(C)N1C(=O)OC(C)(C)C. The second-order valence-electron chi connectivity index (χ2n) is 10.6. The van der Waals surface area contributed by atoms with Crippen LogP contribution in [0.5, 0.6) is 11.5 Å². The van der Waals surface area contributed by atoms with Crippen LogP contribution in [0.4, 0.5) is 9.59 Å². The number of carbonyl (C=O) groups is 2. The molecular weight excluding hydrogens is 468 g/mol. The van der Waals surface area contributed by atoms with Crippen molar-refractivity contribution in [1.82, 2.24) is 9.80 Å². The molecule has 0 aromatic heterocycles. The summed E-state index contributed by atoms with van der Waals surface area (Å²) in [6.07, 6.45) is 0.378. The number of nitrogens with zero attached hydrogens (tertiary/aromatic N) is 2. The summed E-state index contributed by atoms with van der Waals surface area (Å²) in [6.45, 7) is 13.8. The minimum Gasteiger partial charge on any atom is -0.504 e. The summed E-state index contributed by atoms with van der Waals surface area (Å²) in [5.41, 5.74) is 0.0112. The first-order chi connectivity index (χ1) is 16.8. The van der Waals surface area contributed by atoms with Crippen LogP contribution >= 0.6 is 0 Å². The van der Waals surface area contributed by atoms with E-state index in [1.54, 1.807) is 41.5 Å². The van der Waals surface area contributed by atoms with Crippen LogP contribution in [-0.4, -0.2) is 82.5 Å². The highest BCUT2D eigenvalue weighted by Gasteiger charge is 2.54. The summed E-state index contributed by atoms with van der Waals surface area (Å²) in [6, 6.07) is -0.491. The Bertz CT molecular complexity index is 1020. The molecule has 0 spiro atoms. The van der Waals surface area contributed by atoms with Gasteiger partial charge in [0.25, 0.3) is 0 Å². The Balaban J connectivity index is 2.24. The monoisotopic (exact) mass is 506 g/mol. The van der Waals surface area contributed by atoms with E-state index in [1.807, 2.05) is 6.07 Å². The first-order valence-corrected chi connectivity index (χ1v) is 12.0. The van der Waals surface area contributed by atoms with Crippen molar-refractivity contribution in [2.45, 2.75) is 77.4 Å². The topological polar surface area (TPSA) is 118 Å². The van der Waals surface area contributed by atoms with Crippen molar-refractivity contribution in [2.24, 2.45) is 0 Å². The second-order valence-corrected chi connectivity index (χ2v) is 10.6. The molecule has 10 nitrogen and oxygen atoms in total. The number of methoxy groups -OCH3 is 1. The summed E-state index contributed by atoms with van der Waals surface area (Å²) in [5.74, 6) is 0.131. The van der Waals surface area contributed by atoms with Crippen molar-refractivity contribution < 1.29 is 38.7 Å². The molecule has 0 radical (unpaired) electrons. The van der Waals surface area contributed by atoms with Gasteiger partial charge in [0.2, 0.25) is 0 Å². The van der Waals surface area contributed by atoms with Crippen LogP contribution in [0.25, 0.3) is 0 Å². The number of hydrogen-bond donors (Lipinski definition) is 2. The average molecular weight is 507 g/mol. The number of aromatic hydroxyl groups is 1. The molecule has 10 heteroatoms. The Morgan fingerprint density at radius 3 is 2.53 bits per heavy atom. The molecule has 1 aromatic rings. The highest BCUT2D eigenvalue weighted by atomic mass is 16.6. The molecule has 2 aliphatic rings. The van der Waals surface area contributed by atoms with Gasteiger partial charge in [-0.25, -0.2) is 9.59 Å². The lowest BCUT2D eigenvalue weighted by atomic mass is 9.82. The van der Waals surface area contributed by atoms with E-state index in [4.69, 9.17) is 18.9 Å². The minimum absolute atomic E-state index is 0.0430. The van der Waals surface area contributed by atoms with Gasteiger partial charge in [-0.15, -0.1) is 0 Å². The number of amides is 2. The first kappa shape index (κ1) is 27.6. The van der Waals surface area contributed by atoms with Crippen LogP contribution in [0.3, 0.4) is 0 Å². The second kappa shape index (κ2) is 10.2. The van der Waals surface area contributed by atoms with Crippen molar-refractivity contribution in [3.05, 3.63) is 35.4 Å². The van der Waals surface area contributed by atoms with E-state index in [0.717, 1.165) is 5.56 Å². The molecule has 1 saturated heterocycles. The molecule has 0 saturated carbocycles. The highest BCUT2D eigenvalue weighted by Crippen LogP contribution is 2.49. The highest BCUT2D eigenvalue weighted by molar-refractivity contribution is 5.73. The standard InChI is InChI=1S/C26H38N2O8/c1-9-10-34-23(31)27-17(13-29)12-16-11-15(2)22(33-8)21(30)19(16)20(27)18-14-35-26(6,7)28(18)24(32)36-25(3,4)5/h9,11,17-18,20,29-30H,1,10,12-14H2,2-8H3/t17-,18?,20-/m0/s1. The Morgan fingerprint density at radius 2 is 1.97 bits per heavy atom. The lowest BCUT2D eigenvalue weighted by Gasteiger charge is -2.47. The number of aliphatic hydroxyl groups is 1. The zero-order valence-corrected chi connectivity index (χ0v) is 22.2. The Hall–Kier alpha value is -2.98. The molecule has 3 atom stereocenters. The Labute approximate surface area is 212 Å². The van der Waals surface area contributed by atoms with Crippen LogP contribution in [0.2, 0.25) is 0 Å². The first-order valence-electron chi connectivity index (χ1n) is 12.0. The normalized spacial score (nSPS) is 23.2. The van der Waals surface area contributed by atoms with E-state index in [1.165, 1.54) is 23.0 Å². The summed E-state index contributed by atoms with van der Waals surface area (Å²) in [7, 11) is 1.45. The van der Waals surface area contributed by atoms with Crippen molar-refractivity contribution >= 4 is 12.2 Å². The van der Waals surface area contributed by atoms with Gasteiger partial charge in [0.15, 0.2) is 11.5 Å². The fourth-order valence-electron chi connectivity index (χ4n) is 5.07. The van der Waals surface area contributed by atoms with E-state index < -0.39 is 41.6 Å². The van der Waals surface area contributed by atoms with Crippen LogP contribution in [-0.2, 0) is 20.6 Å².